The topological polar surface area (TPSA) is 60.2 Å². The Morgan fingerprint density at radius 3 is 2.82 bits per heavy atom. The number of anilines is 1. The zero-order valence-electron chi connectivity index (χ0n) is 11.9. The summed E-state index contributed by atoms with van der Waals surface area (Å²) in [5.41, 5.74) is 8.14. The van der Waals surface area contributed by atoms with Gasteiger partial charge in [0, 0.05) is 13.0 Å². The molecule has 2 heterocycles. The number of nitrogens with two attached hydrogens (primary N) is 1. The molecule has 1 aliphatic rings. The van der Waals surface area contributed by atoms with Gasteiger partial charge >= 0.3 is 0 Å². The largest absolute Gasteiger partial charge is 0.495 e. The second-order valence-electron chi connectivity index (χ2n) is 4.92. The minimum absolute atomic E-state index is 0.191. The predicted molar refractivity (Wildman–Crippen MR) is 108 cm³/mol. The number of ether oxygens (including phenoxy) is 1. The minimum atomic E-state index is 0.191. The van der Waals surface area contributed by atoms with Crippen molar-refractivity contribution in [2.75, 3.05) is 19.4 Å². The maximum Gasteiger partial charge on any atom is 0.180 e. The van der Waals surface area contributed by atoms with Crippen LogP contribution in [0.1, 0.15) is 22.2 Å². The molecule has 116 valence electrons. The van der Waals surface area contributed by atoms with Gasteiger partial charge in [0.05, 0.1) is 30.9 Å². The minimum Gasteiger partial charge on any atom is -0.495 e. The van der Waals surface area contributed by atoms with Gasteiger partial charge in [-0.3, -0.25) is 0 Å². The van der Waals surface area contributed by atoms with Gasteiger partial charge in [-0.15, -0.1) is 11.3 Å². The molecule has 0 fully saturated rings. The Kier molecular flexibility index (Phi) is 5.25. The molecule has 3 N–H and O–H groups in total. The molecule has 1 unspecified atom stereocenters. The van der Waals surface area contributed by atoms with Crippen molar-refractivity contribution in [3.05, 3.63) is 41.5 Å². The zero-order chi connectivity index (χ0) is 15.7. The van der Waals surface area contributed by atoms with Crippen LogP contribution in [-0.2, 0) is 6.42 Å². The van der Waals surface area contributed by atoms with Crippen LogP contribution in [0, 0.1) is 7.14 Å². The highest BCUT2D eigenvalue weighted by Crippen LogP contribution is 2.32. The van der Waals surface area contributed by atoms with E-state index in [-0.39, 0.29) is 6.04 Å². The fourth-order valence-corrected chi connectivity index (χ4v) is 5.67. The first-order valence-corrected chi connectivity index (χ1v) is 9.75. The molecular formula is C15H15I2N3OS. The summed E-state index contributed by atoms with van der Waals surface area (Å²) >= 11 is 6.19. The standard InChI is InChI=1S/C15H15I2N3OS/c1-21-13-9(16)6-8(7-10(13)17)2-3-11-14-12(4-5-19-11)20-15(18)22-14/h2-3,6-7,11,19H,4-5H2,1H3,(H2,18,20)/b3-2-. The van der Waals surface area contributed by atoms with Gasteiger partial charge < -0.3 is 15.8 Å². The predicted octanol–water partition coefficient (Wildman–Crippen LogP) is 3.84. The molecule has 0 bridgehead atoms. The van der Waals surface area contributed by atoms with E-state index in [2.05, 4.69) is 79.8 Å². The van der Waals surface area contributed by atoms with Crippen molar-refractivity contribution in [2.24, 2.45) is 0 Å². The van der Waals surface area contributed by atoms with Crippen LogP contribution in [-0.4, -0.2) is 18.6 Å². The average molecular weight is 539 g/mol. The van der Waals surface area contributed by atoms with Gasteiger partial charge in [-0.1, -0.05) is 12.2 Å². The molecular weight excluding hydrogens is 524 g/mol. The highest BCUT2D eigenvalue weighted by atomic mass is 127. The summed E-state index contributed by atoms with van der Waals surface area (Å²) in [6, 6.07) is 4.45. The number of nitrogens with one attached hydrogen (secondary N) is 1. The Labute approximate surface area is 160 Å². The van der Waals surface area contributed by atoms with Crippen molar-refractivity contribution in [2.45, 2.75) is 12.5 Å². The van der Waals surface area contributed by atoms with Crippen molar-refractivity contribution < 1.29 is 4.74 Å². The Hall–Kier alpha value is -0.390. The lowest BCUT2D eigenvalue weighted by molar-refractivity contribution is 0.409. The van der Waals surface area contributed by atoms with Crippen LogP contribution in [0.25, 0.3) is 6.08 Å². The molecule has 1 aromatic heterocycles. The van der Waals surface area contributed by atoms with Gasteiger partial charge in [0.15, 0.2) is 5.13 Å². The number of nitrogen functional groups attached to an aromatic ring is 1. The molecule has 3 rings (SSSR count). The van der Waals surface area contributed by atoms with E-state index in [0.29, 0.717) is 5.13 Å². The van der Waals surface area contributed by atoms with Crippen molar-refractivity contribution in [3.8, 4) is 5.75 Å². The molecule has 0 saturated carbocycles. The lowest BCUT2D eigenvalue weighted by Gasteiger charge is -2.19. The number of rotatable bonds is 3. The van der Waals surface area contributed by atoms with Crippen molar-refractivity contribution in [1.29, 1.82) is 0 Å². The number of hydrogen-bond acceptors (Lipinski definition) is 5. The van der Waals surface area contributed by atoms with Crippen molar-refractivity contribution in [1.82, 2.24) is 10.3 Å². The molecule has 1 aromatic carbocycles. The molecule has 4 nitrogen and oxygen atoms in total. The molecule has 2 aromatic rings. The van der Waals surface area contributed by atoms with E-state index in [1.165, 1.54) is 10.4 Å². The maximum absolute atomic E-state index is 5.84. The Morgan fingerprint density at radius 1 is 1.41 bits per heavy atom. The second kappa shape index (κ2) is 7.02. The summed E-state index contributed by atoms with van der Waals surface area (Å²) in [5, 5.41) is 4.16. The fourth-order valence-electron chi connectivity index (χ4n) is 2.48. The number of hydrogen-bond donors (Lipinski definition) is 2. The molecule has 1 aliphatic heterocycles. The quantitative estimate of drug-likeness (QED) is 0.583. The average Bonchev–Trinajstić information content (AvgIpc) is 2.85. The van der Waals surface area contributed by atoms with Crippen LogP contribution < -0.4 is 15.8 Å². The number of benzene rings is 1. The van der Waals surface area contributed by atoms with Gasteiger partial charge in [-0.2, -0.15) is 0 Å². The van der Waals surface area contributed by atoms with Crippen LogP contribution >= 0.6 is 56.5 Å². The van der Waals surface area contributed by atoms with E-state index in [4.69, 9.17) is 10.5 Å². The van der Waals surface area contributed by atoms with E-state index in [0.717, 1.165) is 31.5 Å². The first kappa shape index (κ1) is 16.5. The third-order valence-electron chi connectivity index (χ3n) is 3.46. The first-order valence-electron chi connectivity index (χ1n) is 6.78. The van der Waals surface area contributed by atoms with Gasteiger partial charge in [0.25, 0.3) is 0 Å². The SMILES string of the molecule is COc1c(I)cc(/C=C\C2NCCc3nc(N)sc32)cc1I. The lowest BCUT2D eigenvalue weighted by atomic mass is 10.1. The Balaban J connectivity index is 1.86. The third kappa shape index (κ3) is 3.41. The first-order chi connectivity index (χ1) is 10.6. The van der Waals surface area contributed by atoms with E-state index in [1.807, 2.05) is 0 Å². The number of fused-ring (bicyclic) bond motifs is 1. The summed E-state index contributed by atoms with van der Waals surface area (Å²) in [7, 11) is 1.71. The van der Waals surface area contributed by atoms with Gasteiger partial charge in [0.2, 0.25) is 0 Å². The van der Waals surface area contributed by atoms with E-state index in [1.54, 1.807) is 18.4 Å². The van der Waals surface area contributed by atoms with E-state index < -0.39 is 0 Å². The molecule has 7 heteroatoms. The molecule has 1 atom stereocenters. The smallest absolute Gasteiger partial charge is 0.180 e. The van der Waals surface area contributed by atoms with Crippen LogP contribution in [0.2, 0.25) is 0 Å². The van der Waals surface area contributed by atoms with Crippen LogP contribution in [0.4, 0.5) is 5.13 Å². The van der Waals surface area contributed by atoms with Crippen molar-refractivity contribution in [3.63, 3.8) is 0 Å². The van der Waals surface area contributed by atoms with E-state index in [9.17, 15) is 0 Å². The fraction of sp³-hybridized carbons (Fsp3) is 0.267. The normalized spacial score (nSPS) is 17.7. The second-order valence-corrected chi connectivity index (χ2v) is 8.31. The molecule has 0 amide bonds. The van der Waals surface area contributed by atoms with Crippen LogP contribution in [0.5, 0.6) is 5.75 Å². The number of halogens is 2. The number of methoxy groups -OCH3 is 1. The highest BCUT2D eigenvalue weighted by Gasteiger charge is 2.21. The third-order valence-corrected chi connectivity index (χ3v) is 6.07. The zero-order valence-corrected chi connectivity index (χ0v) is 17.0. The number of nitrogens with zero attached hydrogens (tertiary/aromatic N) is 1. The number of aromatic nitrogens is 1. The molecule has 0 spiro atoms. The summed E-state index contributed by atoms with van der Waals surface area (Å²) < 4.78 is 7.64. The van der Waals surface area contributed by atoms with E-state index >= 15 is 0 Å². The molecule has 0 radical (unpaired) electrons. The lowest BCUT2D eigenvalue weighted by Crippen LogP contribution is -2.27. The summed E-state index contributed by atoms with van der Waals surface area (Å²) in [6.45, 7) is 0.933. The molecule has 0 aliphatic carbocycles. The van der Waals surface area contributed by atoms with Gasteiger partial charge in [0.1, 0.15) is 5.75 Å². The van der Waals surface area contributed by atoms with Gasteiger partial charge in [-0.05, 0) is 62.9 Å². The molecule has 0 saturated heterocycles. The molecule has 22 heavy (non-hydrogen) atoms. The van der Waals surface area contributed by atoms with Crippen LogP contribution in [0.15, 0.2) is 18.2 Å². The maximum atomic E-state index is 5.84. The summed E-state index contributed by atoms with van der Waals surface area (Å²) in [6.07, 6.45) is 5.28. The Morgan fingerprint density at radius 2 is 2.14 bits per heavy atom. The summed E-state index contributed by atoms with van der Waals surface area (Å²) in [4.78, 5) is 5.64. The van der Waals surface area contributed by atoms with Gasteiger partial charge in [-0.25, -0.2) is 4.98 Å². The van der Waals surface area contributed by atoms with Crippen molar-refractivity contribution >= 4 is 67.7 Å². The summed E-state index contributed by atoms with van der Waals surface area (Å²) in [5.74, 6) is 0.937. The number of thiazole rings is 1. The Bertz CT molecular complexity index is 707. The highest BCUT2D eigenvalue weighted by molar-refractivity contribution is 14.1. The monoisotopic (exact) mass is 539 g/mol. The van der Waals surface area contributed by atoms with Crippen LogP contribution in [0.3, 0.4) is 0 Å².